The van der Waals surface area contributed by atoms with Gasteiger partial charge in [0.2, 0.25) is 0 Å². The summed E-state index contributed by atoms with van der Waals surface area (Å²) in [6, 6.07) is 42.3. The van der Waals surface area contributed by atoms with Gasteiger partial charge in [-0.15, -0.1) is 0 Å². The van der Waals surface area contributed by atoms with E-state index in [1.54, 1.807) is 0 Å². The van der Waals surface area contributed by atoms with Crippen LogP contribution in [0.2, 0.25) is 0 Å². The van der Waals surface area contributed by atoms with E-state index in [0.29, 0.717) is 18.5 Å². The monoisotopic (exact) mass is 664 g/mol. The fourth-order valence-corrected chi connectivity index (χ4v) is 6.41. The summed E-state index contributed by atoms with van der Waals surface area (Å²) in [5.74, 6) is -0.272. The lowest BCUT2D eigenvalue weighted by Gasteiger charge is -2.38. The highest BCUT2D eigenvalue weighted by molar-refractivity contribution is 5.93. The maximum absolute atomic E-state index is 12.9. The number of likely N-dealkylation sites (N-methyl/N-ethyl adjacent to an activating group) is 1. The number of carbonyl (C=O) groups is 1. The van der Waals surface area contributed by atoms with E-state index in [1.165, 1.54) is 11.8 Å². The van der Waals surface area contributed by atoms with Gasteiger partial charge in [0.25, 0.3) is 5.91 Å². The van der Waals surface area contributed by atoms with Crippen LogP contribution in [0.1, 0.15) is 57.1 Å². The molecule has 2 N–H and O–H groups in total. The SMILES string of the molecule is CN(Cc1ccccc1)CC1CC(c2ccc(CO)cc2)OC(c2cccc(-c3cccc(CNC(=O)c4cnc5ccccc5n4)c3)c2)O1. The van der Waals surface area contributed by atoms with Crippen LogP contribution >= 0.6 is 0 Å². The van der Waals surface area contributed by atoms with Crippen molar-refractivity contribution in [3.63, 3.8) is 0 Å². The Balaban J connectivity index is 1.07. The molecule has 1 aliphatic heterocycles. The number of nitrogens with one attached hydrogen (secondary N) is 1. The zero-order valence-electron chi connectivity index (χ0n) is 28.0. The van der Waals surface area contributed by atoms with E-state index >= 15 is 0 Å². The average Bonchev–Trinajstić information content (AvgIpc) is 3.17. The first-order valence-electron chi connectivity index (χ1n) is 16.9. The van der Waals surface area contributed by atoms with Gasteiger partial charge in [0, 0.05) is 31.6 Å². The van der Waals surface area contributed by atoms with Crippen LogP contribution in [0.5, 0.6) is 0 Å². The molecule has 3 atom stereocenters. The Morgan fingerprint density at radius 3 is 2.30 bits per heavy atom. The molecule has 50 heavy (non-hydrogen) atoms. The van der Waals surface area contributed by atoms with E-state index in [4.69, 9.17) is 9.47 Å². The minimum atomic E-state index is -0.563. The van der Waals surface area contributed by atoms with E-state index in [1.807, 2.05) is 78.9 Å². The molecule has 5 aromatic carbocycles. The molecular formula is C42H40N4O4. The Bertz CT molecular complexity index is 2050. The second kappa shape index (κ2) is 15.5. The third-order valence-corrected chi connectivity index (χ3v) is 8.98. The Morgan fingerprint density at radius 2 is 1.50 bits per heavy atom. The maximum atomic E-state index is 12.9. The predicted molar refractivity (Wildman–Crippen MR) is 194 cm³/mol. The quantitative estimate of drug-likeness (QED) is 0.149. The van der Waals surface area contributed by atoms with Gasteiger partial charge in [0.15, 0.2) is 6.29 Å². The molecule has 7 rings (SSSR count). The van der Waals surface area contributed by atoms with Crippen molar-refractivity contribution in [3.05, 3.63) is 167 Å². The normalized spacial score (nSPS) is 17.5. The fourth-order valence-electron chi connectivity index (χ4n) is 6.41. The summed E-state index contributed by atoms with van der Waals surface area (Å²) in [6.07, 6.45) is 1.43. The number of rotatable bonds is 11. The Kier molecular flexibility index (Phi) is 10.3. The summed E-state index contributed by atoms with van der Waals surface area (Å²) < 4.78 is 13.3. The summed E-state index contributed by atoms with van der Waals surface area (Å²) >= 11 is 0. The maximum Gasteiger partial charge on any atom is 0.271 e. The predicted octanol–water partition coefficient (Wildman–Crippen LogP) is 7.40. The molecule has 0 spiro atoms. The van der Waals surface area contributed by atoms with Crippen molar-refractivity contribution in [2.75, 3.05) is 13.6 Å². The van der Waals surface area contributed by atoms with Gasteiger partial charge in [-0.1, -0.05) is 103 Å². The van der Waals surface area contributed by atoms with Gasteiger partial charge in [-0.05, 0) is 64.7 Å². The van der Waals surface area contributed by atoms with Gasteiger partial charge in [-0.3, -0.25) is 14.7 Å². The molecule has 1 aromatic heterocycles. The van der Waals surface area contributed by atoms with Crippen LogP contribution in [-0.4, -0.2) is 45.6 Å². The van der Waals surface area contributed by atoms with Gasteiger partial charge in [-0.25, -0.2) is 4.98 Å². The molecule has 8 nitrogen and oxygen atoms in total. The lowest BCUT2D eigenvalue weighted by Crippen LogP contribution is -2.37. The molecule has 6 aromatic rings. The highest BCUT2D eigenvalue weighted by Gasteiger charge is 2.33. The number of ether oxygens (including phenoxy) is 2. The fraction of sp³-hybridized carbons (Fsp3) is 0.214. The van der Waals surface area contributed by atoms with Crippen molar-refractivity contribution in [2.24, 2.45) is 0 Å². The molecular weight excluding hydrogens is 624 g/mol. The van der Waals surface area contributed by atoms with E-state index in [9.17, 15) is 9.90 Å². The molecule has 0 radical (unpaired) electrons. The van der Waals surface area contributed by atoms with Crippen LogP contribution in [0.3, 0.4) is 0 Å². The van der Waals surface area contributed by atoms with E-state index in [0.717, 1.165) is 52.0 Å². The summed E-state index contributed by atoms with van der Waals surface area (Å²) in [5.41, 5.74) is 8.85. The zero-order chi connectivity index (χ0) is 34.3. The van der Waals surface area contributed by atoms with Crippen molar-refractivity contribution in [3.8, 4) is 11.1 Å². The summed E-state index contributed by atoms with van der Waals surface area (Å²) in [6.45, 7) is 1.93. The smallest absolute Gasteiger partial charge is 0.271 e. The molecule has 2 heterocycles. The molecule has 8 heteroatoms. The first kappa shape index (κ1) is 33.3. The minimum absolute atomic E-state index is 0.00391. The number of benzene rings is 5. The second-order valence-electron chi connectivity index (χ2n) is 12.8. The van der Waals surface area contributed by atoms with Gasteiger partial charge < -0.3 is 19.9 Å². The van der Waals surface area contributed by atoms with E-state index in [2.05, 4.69) is 75.8 Å². The van der Waals surface area contributed by atoms with Crippen LogP contribution in [0.25, 0.3) is 22.2 Å². The number of hydrogen-bond acceptors (Lipinski definition) is 7. The molecule has 252 valence electrons. The number of hydrogen-bond donors (Lipinski definition) is 2. The van der Waals surface area contributed by atoms with Crippen LogP contribution in [-0.2, 0) is 29.2 Å². The first-order chi connectivity index (χ1) is 24.5. The molecule has 3 unspecified atom stereocenters. The Hall–Kier alpha value is -5.25. The first-order valence-corrected chi connectivity index (χ1v) is 16.9. The molecule has 1 fully saturated rings. The van der Waals surface area contributed by atoms with E-state index in [-0.39, 0.29) is 30.4 Å². The number of amides is 1. The van der Waals surface area contributed by atoms with Gasteiger partial charge in [-0.2, -0.15) is 0 Å². The lowest BCUT2D eigenvalue weighted by molar-refractivity contribution is -0.252. The largest absolute Gasteiger partial charge is 0.392 e. The average molecular weight is 665 g/mol. The second-order valence-corrected chi connectivity index (χ2v) is 12.8. The number of aliphatic hydroxyl groups is 1. The molecule has 0 bridgehead atoms. The van der Waals surface area contributed by atoms with Crippen LogP contribution < -0.4 is 5.32 Å². The number of aromatic nitrogens is 2. The topological polar surface area (TPSA) is 96.8 Å². The standard InChI is InChI=1S/C42H40N4O4/c1-46(26-29-9-3-2-4-10-29)27-36-23-40(32-19-17-30(28-47)18-20-32)50-42(49-36)35-14-8-13-34(22-35)33-12-7-11-31(21-33)24-44-41(48)39-25-43-37-15-5-6-16-38(37)45-39/h2-22,25,36,40,42,47H,23-24,26-28H2,1H3,(H,44,48). The summed E-state index contributed by atoms with van der Waals surface area (Å²) in [7, 11) is 2.12. The van der Waals surface area contributed by atoms with Crippen LogP contribution in [0.4, 0.5) is 0 Å². The number of aliphatic hydroxyl groups excluding tert-OH is 1. The van der Waals surface area contributed by atoms with E-state index < -0.39 is 6.29 Å². The summed E-state index contributed by atoms with van der Waals surface area (Å²) in [5, 5.41) is 12.6. The van der Waals surface area contributed by atoms with Crippen LogP contribution in [0.15, 0.2) is 134 Å². The van der Waals surface area contributed by atoms with Gasteiger partial charge in [0.05, 0.1) is 36.0 Å². The highest BCUT2D eigenvalue weighted by Crippen LogP contribution is 2.39. The van der Waals surface area contributed by atoms with Crippen molar-refractivity contribution in [1.29, 1.82) is 0 Å². The molecule has 0 aliphatic carbocycles. The number of carbonyl (C=O) groups excluding carboxylic acids is 1. The third kappa shape index (κ3) is 8.13. The molecule has 1 saturated heterocycles. The molecule has 1 aliphatic rings. The summed E-state index contributed by atoms with van der Waals surface area (Å²) in [4.78, 5) is 24.1. The zero-order valence-corrected chi connectivity index (χ0v) is 28.0. The Labute approximate surface area is 292 Å². The highest BCUT2D eigenvalue weighted by atomic mass is 16.7. The van der Waals surface area contributed by atoms with Crippen molar-refractivity contribution in [2.45, 2.75) is 44.6 Å². The van der Waals surface area contributed by atoms with Gasteiger partial charge >= 0.3 is 0 Å². The third-order valence-electron chi connectivity index (χ3n) is 8.98. The number of fused-ring (bicyclic) bond motifs is 1. The van der Waals surface area contributed by atoms with Crippen molar-refractivity contribution < 1.29 is 19.4 Å². The van der Waals surface area contributed by atoms with Crippen molar-refractivity contribution >= 4 is 16.9 Å². The molecule has 1 amide bonds. The number of para-hydroxylation sites is 2. The minimum Gasteiger partial charge on any atom is -0.392 e. The number of nitrogens with zero attached hydrogens (tertiary/aromatic N) is 3. The van der Waals surface area contributed by atoms with Crippen molar-refractivity contribution in [1.82, 2.24) is 20.2 Å². The Morgan fingerprint density at radius 1 is 0.780 bits per heavy atom. The lowest BCUT2D eigenvalue weighted by atomic mass is 9.98. The molecule has 0 saturated carbocycles. The van der Waals surface area contributed by atoms with Crippen LogP contribution in [0, 0.1) is 0 Å². The van der Waals surface area contributed by atoms with Gasteiger partial charge in [0.1, 0.15) is 5.69 Å².